The molecule has 0 aliphatic carbocycles. The zero-order valence-corrected chi connectivity index (χ0v) is 11.8. The van der Waals surface area contributed by atoms with Crippen LogP contribution in [0.15, 0.2) is 24.3 Å². The number of likely N-dealkylation sites (tertiary alicyclic amines) is 1. The number of aliphatic carboxylic acids is 1. The van der Waals surface area contributed by atoms with Crippen molar-refractivity contribution in [2.45, 2.75) is 45.1 Å². The van der Waals surface area contributed by atoms with Crippen LogP contribution in [0.3, 0.4) is 0 Å². The van der Waals surface area contributed by atoms with Crippen LogP contribution in [0.1, 0.15) is 36.8 Å². The van der Waals surface area contributed by atoms with Gasteiger partial charge in [-0.2, -0.15) is 0 Å². The minimum absolute atomic E-state index is 0.0438. The summed E-state index contributed by atoms with van der Waals surface area (Å²) in [4.78, 5) is 24.9. The monoisotopic (exact) mass is 275 g/mol. The van der Waals surface area contributed by atoms with Crippen molar-refractivity contribution in [3.8, 4) is 0 Å². The number of carbonyl (C=O) groups excluding carboxylic acids is 1. The maximum absolute atomic E-state index is 12.2. The third-order valence-electron chi connectivity index (χ3n) is 3.86. The number of benzene rings is 1. The molecule has 0 unspecified atom stereocenters. The van der Waals surface area contributed by atoms with Gasteiger partial charge in [0.15, 0.2) is 0 Å². The van der Waals surface area contributed by atoms with Gasteiger partial charge in [-0.3, -0.25) is 4.79 Å². The number of hydrogen-bond acceptors (Lipinski definition) is 2. The van der Waals surface area contributed by atoms with E-state index in [4.69, 9.17) is 0 Å². The number of rotatable bonds is 4. The first kappa shape index (κ1) is 14.6. The zero-order valence-electron chi connectivity index (χ0n) is 11.8. The Kier molecular flexibility index (Phi) is 4.77. The van der Waals surface area contributed by atoms with E-state index in [-0.39, 0.29) is 5.91 Å². The van der Waals surface area contributed by atoms with Crippen molar-refractivity contribution in [1.29, 1.82) is 0 Å². The van der Waals surface area contributed by atoms with Gasteiger partial charge in [0.2, 0.25) is 5.91 Å². The highest BCUT2D eigenvalue weighted by Crippen LogP contribution is 2.19. The standard InChI is InChI=1S/C16H21NO3/c1-12-5-7-13(8-6-12)9-10-15(18)17-11-3-2-4-14(17)16(19)20/h5-8,14H,2-4,9-11H2,1H3,(H,19,20)/t14-/m0/s1. The van der Waals surface area contributed by atoms with E-state index in [0.717, 1.165) is 18.4 Å². The molecule has 1 aliphatic rings. The second-order valence-corrected chi connectivity index (χ2v) is 5.42. The van der Waals surface area contributed by atoms with Crippen molar-refractivity contribution >= 4 is 11.9 Å². The molecule has 1 atom stereocenters. The molecule has 108 valence electrons. The minimum atomic E-state index is -0.881. The number of piperidine rings is 1. The lowest BCUT2D eigenvalue weighted by molar-refractivity contribution is -0.152. The average Bonchev–Trinajstić information content (AvgIpc) is 2.46. The molecule has 1 aliphatic heterocycles. The molecule has 4 heteroatoms. The molecule has 0 bridgehead atoms. The van der Waals surface area contributed by atoms with Crippen molar-refractivity contribution < 1.29 is 14.7 Å². The van der Waals surface area contributed by atoms with Gasteiger partial charge in [0.05, 0.1) is 0 Å². The number of carboxylic acids is 1. The maximum Gasteiger partial charge on any atom is 0.326 e. The van der Waals surface area contributed by atoms with E-state index in [2.05, 4.69) is 0 Å². The van der Waals surface area contributed by atoms with Crippen LogP contribution in [0.5, 0.6) is 0 Å². The molecule has 1 aromatic rings. The van der Waals surface area contributed by atoms with Gasteiger partial charge in [0, 0.05) is 13.0 Å². The van der Waals surface area contributed by atoms with Gasteiger partial charge in [-0.25, -0.2) is 4.79 Å². The predicted molar refractivity (Wildman–Crippen MR) is 76.5 cm³/mol. The molecule has 2 rings (SSSR count). The van der Waals surface area contributed by atoms with Crippen LogP contribution in [0.25, 0.3) is 0 Å². The molecule has 20 heavy (non-hydrogen) atoms. The number of carbonyl (C=O) groups is 2. The fourth-order valence-electron chi connectivity index (χ4n) is 2.64. The molecule has 1 heterocycles. The molecular formula is C16H21NO3. The summed E-state index contributed by atoms with van der Waals surface area (Å²) in [7, 11) is 0. The topological polar surface area (TPSA) is 57.6 Å². The van der Waals surface area contributed by atoms with Crippen LogP contribution in [-0.4, -0.2) is 34.5 Å². The molecule has 1 fully saturated rings. The van der Waals surface area contributed by atoms with Crippen LogP contribution in [0, 0.1) is 6.92 Å². The van der Waals surface area contributed by atoms with Crippen molar-refractivity contribution in [1.82, 2.24) is 4.90 Å². The van der Waals surface area contributed by atoms with E-state index in [1.165, 1.54) is 5.56 Å². The summed E-state index contributed by atoms with van der Waals surface area (Å²) in [5.41, 5.74) is 2.31. The second-order valence-electron chi connectivity index (χ2n) is 5.42. The average molecular weight is 275 g/mol. The quantitative estimate of drug-likeness (QED) is 0.918. The van der Waals surface area contributed by atoms with E-state index in [9.17, 15) is 14.7 Å². The summed E-state index contributed by atoms with van der Waals surface area (Å²) in [6.07, 6.45) is 3.42. The summed E-state index contributed by atoms with van der Waals surface area (Å²) in [5, 5.41) is 9.18. The zero-order chi connectivity index (χ0) is 14.5. The molecule has 4 nitrogen and oxygen atoms in total. The highest BCUT2D eigenvalue weighted by Gasteiger charge is 2.31. The van der Waals surface area contributed by atoms with Crippen LogP contribution in [-0.2, 0) is 16.0 Å². The summed E-state index contributed by atoms with van der Waals surface area (Å²) in [6.45, 7) is 2.60. The van der Waals surface area contributed by atoms with Crippen LogP contribution < -0.4 is 0 Å². The first-order valence-corrected chi connectivity index (χ1v) is 7.16. The molecule has 0 aromatic heterocycles. The van der Waals surface area contributed by atoms with Gasteiger partial charge in [-0.1, -0.05) is 29.8 Å². The maximum atomic E-state index is 12.2. The molecular weight excluding hydrogens is 254 g/mol. The Morgan fingerprint density at radius 2 is 1.95 bits per heavy atom. The van der Waals surface area contributed by atoms with Crippen molar-refractivity contribution in [3.05, 3.63) is 35.4 Å². The first-order chi connectivity index (χ1) is 9.58. The number of amides is 1. The number of carboxylic acid groups (broad SMARTS) is 1. The first-order valence-electron chi connectivity index (χ1n) is 7.16. The molecule has 1 aromatic carbocycles. The van der Waals surface area contributed by atoms with Gasteiger partial charge in [-0.15, -0.1) is 0 Å². The molecule has 1 N–H and O–H groups in total. The van der Waals surface area contributed by atoms with Crippen molar-refractivity contribution in [3.63, 3.8) is 0 Å². The molecule has 0 saturated carbocycles. The third-order valence-corrected chi connectivity index (χ3v) is 3.86. The van der Waals surface area contributed by atoms with Gasteiger partial charge < -0.3 is 10.0 Å². The lowest BCUT2D eigenvalue weighted by atomic mass is 10.0. The van der Waals surface area contributed by atoms with E-state index < -0.39 is 12.0 Å². The van der Waals surface area contributed by atoms with E-state index in [1.54, 1.807) is 4.90 Å². The Hall–Kier alpha value is -1.84. The molecule has 1 saturated heterocycles. The van der Waals surface area contributed by atoms with Gasteiger partial charge in [-0.05, 0) is 38.2 Å². The van der Waals surface area contributed by atoms with Crippen LogP contribution in [0.4, 0.5) is 0 Å². The third kappa shape index (κ3) is 3.59. The normalized spacial score (nSPS) is 18.9. The minimum Gasteiger partial charge on any atom is -0.480 e. The fraction of sp³-hybridized carbons (Fsp3) is 0.500. The van der Waals surface area contributed by atoms with E-state index in [1.807, 2.05) is 31.2 Å². The Morgan fingerprint density at radius 3 is 2.60 bits per heavy atom. The predicted octanol–water partition coefficient (Wildman–Crippen LogP) is 2.39. The van der Waals surface area contributed by atoms with Crippen molar-refractivity contribution in [2.24, 2.45) is 0 Å². The fourth-order valence-corrected chi connectivity index (χ4v) is 2.64. The summed E-state index contributed by atoms with van der Waals surface area (Å²) >= 11 is 0. The van der Waals surface area contributed by atoms with Crippen LogP contribution in [0.2, 0.25) is 0 Å². The highest BCUT2D eigenvalue weighted by atomic mass is 16.4. The van der Waals surface area contributed by atoms with E-state index >= 15 is 0 Å². The Bertz CT molecular complexity index is 481. The smallest absolute Gasteiger partial charge is 0.326 e. The van der Waals surface area contributed by atoms with Crippen LogP contribution >= 0.6 is 0 Å². The summed E-state index contributed by atoms with van der Waals surface area (Å²) < 4.78 is 0. The molecule has 0 spiro atoms. The Balaban J connectivity index is 1.93. The van der Waals surface area contributed by atoms with E-state index in [0.29, 0.717) is 25.8 Å². The number of nitrogens with zero attached hydrogens (tertiary/aromatic N) is 1. The number of aryl methyl sites for hydroxylation is 2. The van der Waals surface area contributed by atoms with Gasteiger partial charge in [0.25, 0.3) is 0 Å². The second kappa shape index (κ2) is 6.55. The Morgan fingerprint density at radius 1 is 1.25 bits per heavy atom. The highest BCUT2D eigenvalue weighted by molar-refractivity contribution is 5.84. The lowest BCUT2D eigenvalue weighted by Gasteiger charge is -2.33. The SMILES string of the molecule is Cc1ccc(CCC(=O)N2CCCC[C@H]2C(=O)O)cc1. The molecule has 0 radical (unpaired) electrons. The van der Waals surface area contributed by atoms with Gasteiger partial charge in [0.1, 0.15) is 6.04 Å². The summed E-state index contributed by atoms with van der Waals surface area (Å²) in [6, 6.07) is 7.47. The van der Waals surface area contributed by atoms with Gasteiger partial charge >= 0.3 is 5.97 Å². The summed E-state index contributed by atoms with van der Waals surface area (Å²) in [5.74, 6) is -0.925. The largest absolute Gasteiger partial charge is 0.480 e. The van der Waals surface area contributed by atoms with Crippen molar-refractivity contribution in [2.75, 3.05) is 6.54 Å². The Labute approximate surface area is 119 Å². The molecule has 1 amide bonds. The number of hydrogen-bond donors (Lipinski definition) is 1. The lowest BCUT2D eigenvalue weighted by Crippen LogP contribution is -2.48.